The number of nitrogen functional groups attached to an aromatic ring is 1. The second-order valence-corrected chi connectivity index (χ2v) is 5.25. The summed E-state index contributed by atoms with van der Waals surface area (Å²) in [5, 5.41) is 0. The third-order valence-electron chi connectivity index (χ3n) is 4.21. The van der Waals surface area contributed by atoms with Crippen molar-refractivity contribution in [2.45, 2.75) is 44.6 Å². The molecule has 2 unspecified atom stereocenters. The molecule has 2 N–H and O–H groups in total. The fourth-order valence-corrected chi connectivity index (χ4v) is 3.43. The van der Waals surface area contributed by atoms with Crippen LogP contribution in [0.1, 0.15) is 38.5 Å². The molecular formula is C13H20N4. The number of aromatic nitrogens is 2. The maximum absolute atomic E-state index is 5.76. The van der Waals surface area contributed by atoms with E-state index >= 15 is 0 Å². The lowest BCUT2D eigenvalue weighted by molar-refractivity contribution is 0.242. The SMILES string of the molecule is Nc1cc(N2CCCC3CCCCC32)ncn1. The van der Waals surface area contributed by atoms with Crippen LogP contribution in [0.4, 0.5) is 11.6 Å². The Balaban J connectivity index is 1.85. The number of hydrogen-bond donors (Lipinski definition) is 1. The fourth-order valence-electron chi connectivity index (χ4n) is 3.43. The zero-order valence-electron chi connectivity index (χ0n) is 10.2. The van der Waals surface area contributed by atoms with E-state index in [9.17, 15) is 0 Å². The van der Waals surface area contributed by atoms with Gasteiger partial charge in [-0.3, -0.25) is 0 Å². The Kier molecular flexibility index (Phi) is 2.87. The molecule has 1 aliphatic heterocycles. The summed E-state index contributed by atoms with van der Waals surface area (Å²) >= 11 is 0. The van der Waals surface area contributed by atoms with Crippen molar-refractivity contribution in [2.24, 2.45) is 5.92 Å². The molecule has 0 radical (unpaired) electrons. The van der Waals surface area contributed by atoms with Crippen molar-refractivity contribution in [3.8, 4) is 0 Å². The number of piperidine rings is 1. The highest BCUT2D eigenvalue weighted by molar-refractivity contribution is 5.47. The van der Waals surface area contributed by atoms with Gasteiger partial charge in [0, 0.05) is 18.7 Å². The molecule has 2 aliphatic rings. The zero-order valence-corrected chi connectivity index (χ0v) is 10.2. The van der Waals surface area contributed by atoms with E-state index in [-0.39, 0.29) is 0 Å². The van der Waals surface area contributed by atoms with Crippen molar-refractivity contribution in [2.75, 3.05) is 17.2 Å². The van der Waals surface area contributed by atoms with E-state index in [2.05, 4.69) is 14.9 Å². The van der Waals surface area contributed by atoms with Gasteiger partial charge in [-0.05, 0) is 31.6 Å². The van der Waals surface area contributed by atoms with Gasteiger partial charge in [0.25, 0.3) is 0 Å². The Bertz CT molecular complexity index is 391. The van der Waals surface area contributed by atoms with Crippen LogP contribution in [0, 0.1) is 5.92 Å². The molecule has 1 saturated carbocycles. The zero-order chi connectivity index (χ0) is 11.7. The summed E-state index contributed by atoms with van der Waals surface area (Å²) in [6.45, 7) is 1.12. The van der Waals surface area contributed by atoms with E-state index in [0.29, 0.717) is 11.9 Å². The molecule has 4 nitrogen and oxygen atoms in total. The van der Waals surface area contributed by atoms with E-state index < -0.39 is 0 Å². The van der Waals surface area contributed by atoms with Crippen LogP contribution in [-0.2, 0) is 0 Å². The van der Waals surface area contributed by atoms with Crippen molar-refractivity contribution in [3.63, 3.8) is 0 Å². The van der Waals surface area contributed by atoms with Crippen LogP contribution in [0.15, 0.2) is 12.4 Å². The second kappa shape index (κ2) is 4.51. The quantitative estimate of drug-likeness (QED) is 0.806. The molecule has 4 heteroatoms. The van der Waals surface area contributed by atoms with Crippen molar-refractivity contribution in [1.29, 1.82) is 0 Å². The molecule has 2 heterocycles. The van der Waals surface area contributed by atoms with Crippen LogP contribution >= 0.6 is 0 Å². The molecule has 1 saturated heterocycles. The van der Waals surface area contributed by atoms with Gasteiger partial charge in [-0.2, -0.15) is 0 Å². The Morgan fingerprint density at radius 2 is 1.94 bits per heavy atom. The number of fused-ring (bicyclic) bond motifs is 1. The molecule has 17 heavy (non-hydrogen) atoms. The second-order valence-electron chi connectivity index (χ2n) is 5.25. The third kappa shape index (κ3) is 2.08. The highest BCUT2D eigenvalue weighted by Crippen LogP contribution is 2.37. The summed E-state index contributed by atoms with van der Waals surface area (Å²) in [5.74, 6) is 2.47. The first-order valence-corrected chi connectivity index (χ1v) is 6.69. The number of hydrogen-bond acceptors (Lipinski definition) is 4. The normalized spacial score (nSPS) is 28.8. The lowest BCUT2D eigenvalue weighted by Gasteiger charge is -2.44. The van der Waals surface area contributed by atoms with Gasteiger partial charge in [0.05, 0.1) is 0 Å². The van der Waals surface area contributed by atoms with E-state index in [1.165, 1.54) is 38.5 Å². The van der Waals surface area contributed by atoms with E-state index in [1.807, 2.05) is 6.07 Å². The fraction of sp³-hybridized carbons (Fsp3) is 0.692. The van der Waals surface area contributed by atoms with E-state index in [0.717, 1.165) is 18.3 Å². The monoisotopic (exact) mass is 232 g/mol. The Morgan fingerprint density at radius 3 is 2.82 bits per heavy atom. The topological polar surface area (TPSA) is 55.0 Å². The van der Waals surface area contributed by atoms with Crippen LogP contribution in [0.3, 0.4) is 0 Å². The van der Waals surface area contributed by atoms with Gasteiger partial charge in [0.1, 0.15) is 18.0 Å². The minimum atomic E-state index is 0.577. The predicted octanol–water partition coefficient (Wildman–Crippen LogP) is 2.22. The first-order valence-electron chi connectivity index (χ1n) is 6.69. The summed E-state index contributed by atoms with van der Waals surface area (Å²) in [5.41, 5.74) is 5.76. The molecule has 0 aromatic carbocycles. The molecule has 92 valence electrons. The molecule has 0 spiro atoms. The van der Waals surface area contributed by atoms with Gasteiger partial charge >= 0.3 is 0 Å². The molecule has 3 rings (SSSR count). The van der Waals surface area contributed by atoms with Gasteiger partial charge in [-0.15, -0.1) is 0 Å². The average Bonchev–Trinajstić information content (AvgIpc) is 2.38. The van der Waals surface area contributed by atoms with Gasteiger partial charge in [0.15, 0.2) is 0 Å². The lowest BCUT2D eigenvalue weighted by Crippen LogP contribution is -2.47. The van der Waals surface area contributed by atoms with Gasteiger partial charge < -0.3 is 10.6 Å². The third-order valence-corrected chi connectivity index (χ3v) is 4.21. The van der Waals surface area contributed by atoms with Gasteiger partial charge in [-0.1, -0.05) is 12.8 Å². The molecule has 1 aromatic heterocycles. The minimum absolute atomic E-state index is 0.577. The summed E-state index contributed by atoms with van der Waals surface area (Å²) < 4.78 is 0. The highest BCUT2D eigenvalue weighted by atomic mass is 15.2. The Labute approximate surface area is 102 Å². The van der Waals surface area contributed by atoms with Crippen LogP contribution < -0.4 is 10.6 Å². The van der Waals surface area contributed by atoms with Crippen molar-refractivity contribution in [3.05, 3.63) is 12.4 Å². The first-order chi connectivity index (χ1) is 8.34. The maximum Gasteiger partial charge on any atom is 0.134 e. The molecule has 0 bridgehead atoms. The van der Waals surface area contributed by atoms with Crippen molar-refractivity contribution in [1.82, 2.24) is 9.97 Å². The van der Waals surface area contributed by atoms with Crippen LogP contribution in [-0.4, -0.2) is 22.6 Å². The summed E-state index contributed by atoms with van der Waals surface area (Å²) in [6, 6.07) is 2.60. The molecule has 2 fully saturated rings. The van der Waals surface area contributed by atoms with Crippen LogP contribution in [0.5, 0.6) is 0 Å². The number of nitrogens with two attached hydrogens (primary N) is 1. The summed E-state index contributed by atoms with van der Waals surface area (Å²) in [7, 11) is 0. The lowest BCUT2D eigenvalue weighted by atomic mass is 9.78. The molecule has 0 amide bonds. The van der Waals surface area contributed by atoms with Crippen molar-refractivity contribution >= 4 is 11.6 Å². The minimum Gasteiger partial charge on any atom is -0.384 e. The number of anilines is 2. The summed E-state index contributed by atoms with van der Waals surface area (Å²) in [6.07, 6.45) is 9.72. The Hall–Kier alpha value is -1.32. The van der Waals surface area contributed by atoms with Crippen molar-refractivity contribution < 1.29 is 0 Å². The molecule has 1 aliphatic carbocycles. The van der Waals surface area contributed by atoms with E-state index in [4.69, 9.17) is 5.73 Å². The van der Waals surface area contributed by atoms with Gasteiger partial charge in [-0.25, -0.2) is 9.97 Å². The Morgan fingerprint density at radius 1 is 1.12 bits per heavy atom. The largest absolute Gasteiger partial charge is 0.384 e. The predicted molar refractivity (Wildman–Crippen MR) is 68.8 cm³/mol. The molecular weight excluding hydrogens is 212 g/mol. The highest BCUT2D eigenvalue weighted by Gasteiger charge is 2.33. The molecule has 2 atom stereocenters. The maximum atomic E-state index is 5.76. The van der Waals surface area contributed by atoms with Gasteiger partial charge in [0.2, 0.25) is 0 Å². The van der Waals surface area contributed by atoms with Crippen LogP contribution in [0.25, 0.3) is 0 Å². The standard InChI is InChI=1S/C13H20N4/c14-12-8-13(16-9-15-12)17-7-3-5-10-4-1-2-6-11(10)17/h8-11H,1-7H2,(H2,14,15,16). The van der Waals surface area contributed by atoms with E-state index in [1.54, 1.807) is 6.33 Å². The number of rotatable bonds is 1. The molecule has 1 aromatic rings. The first kappa shape index (κ1) is 10.8. The average molecular weight is 232 g/mol. The van der Waals surface area contributed by atoms with Crippen LogP contribution in [0.2, 0.25) is 0 Å². The summed E-state index contributed by atoms with van der Waals surface area (Å²) in [4.78, 5) is 10.8. The number of nitrogens with zero attached hydrogens (tertiary/aromatic N) is 3. The smallest absolute Gasteiger partial charge is 0.134 e.